The Morgan fingerprint density at radius 2 is 2.04 bits per heavy atom. The van der Waals surface area contributed by atoms with E-state index >= 15 is 0 Å². The van der Waals surface area contributed by atoms with E-state index in [-0.39, 0.29) is 36.7 Å². The molecule has 0 fully saturated rings. The van der Waals surface area contributed by atoms with Crippen molar-refractivity contribution in [1.29, 1.82) is 5.26 Å². The molecular weight excluding hydrogens is 354 g/mol. The first-order chi connectivity index (χ1) is 13.1. The zero-order valence-corrected chi connectivity index (χ0v) is 14.1. The Morgan fingerprint density at radius 3 is 2.81 bits per heavy atom. The van der Waals surface area contributed by atoms with Crippen molar-refractivity contribution in [2.75, 3.05) is 0 Å². The molecule has 5 nitrogen and oxygen atoms in total. The summed E-state index contributed by atoms with van der Waals surface area (Å²) in [6.07, 6.45) is 1.50. The van der Waals surface area contributed by atoms with Crippen LogP contribution in [0.4, 0.5) is 8.78 Å². The Morgan fingerprint density at radius 1 is 1.22 bits per heavy atom. The van der Waals surface area contributed by atoms with Gasteiger partial charge in [-0.15, -0.1) is 0 Å². The van der Waals surface area contributed by atoms with Crippen LogP contribution in [0.1, 0.15) is 23.4 Å². The number of nitrogens with zero attached hydrogens (tertiary/aromatic N) is 2. The minimum absolute atomic E-state index is 0.000189. The zero-order valence-electron chi connectivity index (χ0n) is 14.1. The topological polar surface area (TPSA) is 76.1 Å². The molecule has 0 radical (unpaired) electrons. The summed E-state index contributed by atoms with van der Waals surface area (Å²) < 4.78 is 37.3. The van der Waals surface area contributed by atoms with Crippen LogP contribution in [0.25, 0.3) is 11.3 Å². The molecule has 3 aromatic rings. The van der Waals surface area contributed by atoms with E-state index in [4.69, 9.17) is 14.4 Å². The monoisotopic (exact) mass is 368 g/mol. The molecule has 7 heteroatoms. The number of hydrogen-bond donors (Lipinski definition) is 0. The predicted molar refractivity (Wildman–Crippen MR) is 91.1 cm³/mol. The molecule has 0 saturated carbocycles. The minimum Gasteiger partial charge on any atom is -0.461 e. The van der Waals surface area contributed by atoms with Gasteiger partial charge in [-0.05, 0) is 18.2 Å². The second-order valence-electron chi connectivity index (χ2n) is 5.67. The highest BCUT2D eigenvalue weighted by atomic mass is 19.1. The molecule has 0 aliphatic heterocycles. The molecule has 0 unspecified atom stereocenters. The maximum Gasteiger partial charge on any atom is 0.306 e. The fourth-order valence-electron chi connectivity index (χ4n) is 2.43. The zero-order chi connectivity index (χ0) is 19.2. The summed E-state index contributed by atoms with van der Waals surface area (Å²) in [4.78, 5) is 15.9. The maximum atomic E-state index is 13.8. The quantitative estimate of drug-likeness (QED) is 0.611. The van der Waals surface area contributed by atoms with Gasteiger partial charge in [-0.25, -0.2) is 13.8 Å². The highest BCUT2D eigenvalue weighted by molar-refractivity contribution is 5.69. The van der Waals surface area contributed by atoms with Gasteiger partial charge < -0.3 is 9.15 Å². The van der Waals surface area contributed by atoms with E-state index in [9.17, 15) is 13.6 Å². The fraction of sp³-hybridized carbons (Fsp3) is 0.150. The highest BCUT2D eigenvalue weighted by Gasteiger charge is 2.13. The first-order valence-corrected chi connectivity index (χ1v) is 8.10. The molecule has 0 atom stereocenters. The van der Waals surface area contributed by atoms with Crippen molar-refractivity contribution in [2.45, 2.75) is 19.4 Å². The number of aryl methyl sites for hydroxylation is 1. The van der Waals surface area contributed by atoms with Crippen LogP contribution in [0.3, 0.4) is 0 Å². The summed E-state index contributed by atoms with van der Waals surface area (Å²) >= 11 is 0. The van der Waals surface area contributed by atoms with E-state index in [2.05, 4.69) is 4.98 Å². The first kappa shape index (κ1) is 18.3. The van der Waals surface area contributed by atoms with Gasteiger partial charge in [0.25, 0.3) is 0 Å². The van der Waals surface area contributed by atoms with Gasteiger partial charge in [0.15, 0.2) is 11.7 Å². The number of benzene rings is 2. The van der Waals surface area contributed by atoms with Gasteiger partial charge >= 0.3 is 5.97 Å². The van der Waals surface area contributed by atoms with Crippen molar-refractivity contribution in [3.8, 4) is 17.4 Å². The number of esters is 1. The molecule has 0 bridgehead atoms. The van der Waals surface area contributed by atoms with Crippen molar-refractivity contribution in [3.63, 3.8) is 0 Å². The van der Waals surface area contributed by atoms with E-state index in [1.54, 1.807) is 24.3 Å². The van der Waals surface area contributed by atoms with E-state index in [1.165, 1.54) is 12.3 Å². The molecule has 27 heavy (non-hydrogen) atoms. The third kappa shape index (κ3) is 4.55. The number of aromatic nitrogens is 1. The van der Waals surface area contributed by atoms with Gasteiger partial charge in [0, 0.05) is 18.1 Å². The number of carbonyl (C=O) groups excluding carboxylic acids is 1. The molecule has 2 aromatic carbocycles. The third-order valence-electron chi connectivity index (χ3n) is 3.82. The lowest BCUT2D eigenvalue weighted by Gasteiger charge is -2.05. The predicted octanol–water partition coefficient (Wildman–Crippen LogP) is 4.17. The number of carbonyl (C=O) groups is 1. The van der Waals surface area contributed by atoms with Crippen molar-refractivity contribution < 1.29 is 22.7 Å². The molecule has 0 spiro atoms. The van der Waals surface area contributed by atoms with E-state index in [0.717, 1.165) is 12.1 Å². The second-order valence-corrected chi connectivity index (χ2v) is 5.67. The Kier molecular flexibility index (Phi) is 5.57. The summed E-state index contributed by atoms with van der Waals surface area (Å²) in [5.41, 5.74) is 1.16. The summed E-state index contributed by atoms with van der Waals surface area (Å²) in [5.74, 6) is -1.53. The number of rotatable bonds is 6. The minimum atomic E-state index is -0.756. The summed E-state index contributed by atoms with van der Waals surface area (Å²) in [6, 6.07) is 12.0. The average molecular weight is 368 g/mol. The van der Waals surface area contributed by atoms with Gasteiger partial charge in [0.1, 0.15) is 18.2 Å². The van der Waals surface area contributed by atoms with Crippen LogP contribution in [0.15, 0.2) is 53.1 Å². The highest BCUT2D eigenvalue weighted by Crippen LogP contribution is 2.24. The Hall–Kier alpha value is -3.53. The van der Waals surface area contributed by atoms with Crippen LogP contribution in [0.5, 0.6) is 0 Å². The van der Waals surface area contributed by atoms with Crippen molar-refractivity contribution in [1.82, 2.24) is 4.98 Å². The number of hydrogen-bond acceptors (Lipinski definition) is 5. The SMILES string of the molecule is N#Cc1ccccc1COC(=O)CCc1ncc(-c2ccc(F)cc2F)o1. The lowest BCUT2D eigenvalue weighted by Crippen LogP contribution is -2.06. The number of halogens is 2. The maximum absolute atomic E-state index is 13.8. The van der Waals surface area contributed by atoms with Crippen LogP contribution in [-0.4, -0.2) is 11.0 Å². The number of nitriles is 1. The molecule has 1 heterocycles. The first-order valence-electron chi connectivity index (χ1n) is 8.10. The average Bonchev–Trinajstić information content (AvgIpc) is 3.13. The molecule has 0 aliphatic rings. The molecule has 0 amide bonds. The molecule has 0 saturated heterocycles. The van der Waals surface area contributed by atoms with Gasteiger partial charge in [-0.2, -0.15) is 5.26 Å². The van der Waals surface area contributed by atoms with Crippen LogP contribution in [0, 0.1) is 23.0 Å². The summed E-state index contributed by atoms with van der Waals surface area (Å²) in [5, 5.41) is 9.01. The van der Waals surface area contributed by atoms with Gasteiger partial charge in [0.2, 0.25) is 0 Å². The second kappa shape index (κ2) is 8.23. The summed E-state index contributed by atoms with van der Waals surface area (Å²) in [6.45, 7) is 0.000189. The molecule has 1 aromatic heterocycles. The largest absolute Gasteiger partial charge is 0.461 e. The Labute approximate surface area is 153 Å². The third-order valence-corrected chi connectivity index (χ3v) is 3.82. The normalized spacial score (nSPS) is 10.4. The summed E-state index contributed by atoms with van der Waals surface area (Å²) in [7, 11) is 0. The smallest absolute Gasteiger partial charge is 0.306 e. The lowest BCUT2D eigenvalue weighted by molar-refractivity contribution is -0.145. The van der Waals surface area contributed by atoms with Gasteiger partial charge in [-0.1, -0.05) is 18.2 Å². The fourth-order valence-corrected chi connectivity index (χ4v) is 2.43. The number of ether oxygens (including phenoxy) is 1. The Balaban J connectivity index is 1.55. The van der Waals surface area contributed by atoms with Crippen LogP contribution >= 0.6 is 0 Å². The standard InChI is InChI=1S/C20H14F2N2O3/c21-15-5-6-16(17(22)9-15)18-11-24-19(27-18)7-8-20(25)26-12-14-4-2-1-3-13(14)10-23/h1-6,9,11H,7-8,12H2. The van der Waals surface area contributed by atoms with E-state index < -0.39 is 17.6 Å². The molecule has 3 rings (SSSR count). The van der Waals surface area contributed by atoms with Crippen LogP contribution in [-0.2, 0) is 22.6 Å². The number of oxazole rings is 1. The van der Waals surface area contributed by atoms with Crippen LogP contribution < -0.4 is 0 Å². The van der Waals surface area contributed by atoms with Gasteiger partial charge in [0.05, 0.1) is 29.8 Å². The van der Waals surface area contributed by atoms with Crippen molar-refractivity contribution in [3.05, 3.63) is 77.3 Å². The Bertz CT molecular complexity index is 1010. The van der Waals surface area contributed by atoms with Crippen molar-refractivity contribution >= 4 is 5.97 Å². The van der Waals surface area contributed by atoms with E-state index in [0.29, 0.717) is 11.1 Å². The van der Waals surface area contributed by atoms with Crippen molar-refractivity contribution in [2.24, 2.45) is 0 Å². The molecule has 0 aliphatic carbocycles. The van der Waals surface area contributed by atoms with Gasteiger partial charge in [-0.3, -0.25) is 4.79 Å². The molecule has 0 N–H and O–H groups in total. The van der Waals surface area contributed by atoms with E-state index in [1.807, 2.05) is 6.07 Å². The molecular formula is C20H14F2N2O3. The molecule has 136 valence electrons. The van der Waals surface area contributed by atoms with Crippen LogP contribution in [0.2, 0.25) is 0 Å². The lowest BCUT2D eigenvalue weighted by atomic mass is 10.1.